The van der Waals surface area contributed by atoms with Gasteiger partial charge >= 0.3 is 0 Å². The summed E-state index contributed by atoms with van der Waals surface area (Å²) in [6.07, 6.45) is 2.87. The number of hydrogen-bond acceptors (Lipinski definition) is 3. The van der Waals surface area contributed by atoms with Gasteiger partial charge in [0.2, 0.25) is 10.0 Å². The van der Waals surface area contributed by atoms with Crippen LogP contribution in [-0.4, -0.2) is 26.2 Å². The summed E-state index contributed by atoms with van der Waals surface area (Å²) >= 11 is 0. The molecule has 2 atom stereocenters. The Bertz CT molecular complexity index is 574. The summed E-state index contributed by atoms with van der Waals surface area (Å²) in [6, 6.07) is 3.73. The minimum atomic E-state index is -3.70. The molecule has 0 spiro atoms. The summed E-state index contributed by atoms with van der Waals surface area (Å²) in [6.45, 7) is 1.92. The fourth-order valence-corrected chi connectivity index (χ4v) is 3.99. The van der Waals surface area contributed by atoms with E-state index in [1.807, 2.05) is 0 Å². The fourth-order valence-electron chi connectivity index (χ4n) is 2.62. The van der Waals surface area contributed by atoms with Gasteiger partial charge in [-0.1, -0.05) is 12.5 Å². The molecule has 1 aromatic rings. The molecule has 2 rings (SSSR count). The summed E-state index contributed by atoms with van der Waals surface area (Å²) in [7, 11) is -3.70. The predicted octanol–water partition coefficient (Wildman–Crippen LogP) is 1.96. The molecule has 1 aromatic carbocycles. The van der Waals surface area contributed by atoms with Crippen LogP contribution in [-0.2, 0) is 10.0 Å². The van der Waals surface area contributed by atoms with Crippen LogP contribution in [0.25, 0.3) is 0 Å². The van der Waals surface area contributed by atoms with Crippen molar-refractivity contribution in [2.24, 2.45) is 5.92 Å². The molecule has 1 aliphatic carbocycles. The van der Waals surface area contributed by atoms with Crippen molar-refractivity contribution in [1.29, 1.82) is 0 Å². The monoisotopic (exact) mass is 301 g/mol. The first kappa shape index (κ1) is 15.4. The third-order valence-corrected chi connectivity index (χ3v) is 5.32. The van der Waals surface area contributed by atoms with Gasteiger partial charge in [0.15, 0.2) is 0 Å². The number of hydrogen-bond donors (Lipinski definition) is 2. The molecule has 20 heavy (non-hydrogen) atoms. The Kier molecular flexibility index (Phi) is 4.78. The Morgan fingerprint density at radius 2 is 2.15 bits per heavy atom. The standard InChI is InChI=1S/C14H20FNO3S/c1-10-5-6-12(15)8-14(10)20(18,19)16-9-11-3-2-4-13(17)7-11/h5-6,8,11,13,16-17H,2-4,7,9H2,1H3. The molecule has 0 amide bonds. The van der Waals surface area contributed by atoms with Crippen molar-refractivity contribution in [1.82, 2.24) is 4.72 Å². The van der Waals surface area contributed by atoms with Crippen LogP contribution in [0.5, 0.6) is 0 Å². The van der Waals surface area contributed by atoms with E-state index in [1.54, 1.807) is 6.92 Å². The van der Waals surface area contributed by atoms with Gasteiger partial charge in [-0.15, -0.1) is 0 Å². The van der Waals surface area contributed by atoms with E-state index in [2.05, 4.69) is 4.72 Å². The zero-order valence-corrected chi connectivity index (χ0v) is 12.3. The maximum atomic E-state index is 13.2. The van der Waals surface area contributed by atoms with Crippen molar-refractivity contribution in [3.05, 3.63) is 29.6 Å². The highest BCUT2D eigenvalue weighted by molar-refractivity contribution is 7.89. The lowest BCUT2D eigenvalue weighted by molar-refractivity contribution is 0.102. The number of nitrogens with one attached hydrogen (secondary N) is 1. The second kappa shape index (κ2) is 6.20. The van der Waals surface area contributed by atoms with Crippen LogP contribution in [0.1, 0.15) is 31.2 Å². The lowest BCUT2D eigenvalue weighted by Crippen LogP contribution is -2.33. The average molecular weight is 301 g/mol. The normalized spacial score (nSPS) is 23.8. The average Bonchev–Trinajstić information content (AvgIpc) is 2.39. The summed E-state index contributed by atoms with van der Waals surface area (Å²) in [5.41, 5.74) is 0.516. The molecule has 0 aromatic heterocycles. The van der Waals surface area contributed by atoms with Gasteiger partial charge < -0.3 is 5.11 Å². The lowest BCUT2D eigenvalue weighted by Gasteiger charge is -2.25. The van der Waals surface area contributed by atoms with Crippen LogP contribution in [0.2, 0.25) is 0 Å². The number of benzene rings is 1. The predicted molar refractivity (Wildman–Crippen MR) is 74.3 cm³/mol. The number of rotatable bonds is 4. The van der Waals surface area contributed by atoms with Crippen LogP contribution in [0, 0.1) is 18.7 Å². The van der Waals surface area contributed by atoms with E-state index >= 15 is 0 Å². The van der Waals surface area contributed by atoms with Gasteiger partial charge in [0.25, 0.3) is 0 Å². The van der Waals surface area contributed by atoms with Crippen LogP contribution in [0.3, 0.4) is 0 Å². The Balaban J connectivity index is 2.05. The van der Waals surface area contributed by atoms with E-state index < -0.39 is 15.8 Å². The Morgan fingerprint density at radius 1 is 1.40 bits per heavy atom. The highest BCUT2D eigenvalue weighted by Crippen LogP contribution is 2.24. The molecule has 0 saturated heterocycles. The molecule has 0 radical (unpaired) electrons. The third kappa shape index (κ3) is 3.77. The number of aliphatic hydroxyl groups is 1. The molecule has 1 aliphatic rings. The first-order valence-corrected chi connectivity index (χ1v) is 8.30. The fraction of sp³-hybridized carbons (Fsp3) is 0.571. The number of aliphatic hydroxyl groups excluding tert-OH is 1. The van der Waals surface area contributed by atoms with Crippen LogP contribution >= 0.6 is 0 Å². The molecule has 112 valence electrons. The van der Waals surface area contributed by atoms with Crippen molar-refractivity contribution < 1.29 is 17.9 Å². The molecule has 1 fully saturated rings. The second-order valence-corrected chi connectivity index (χ2v) is 7.18. The summed E-state index contributed by atoms with van der Waals surface area (Å²) < 4.78 is 40.1. The molecule has 0 heterocycles. The molecular formula is C14H20FNO3S. The minimum Gasteiger partial charge on any atom is -0.393 e. The Hall–Kier alpha value is -0.980. The highest BCUT2D eigenvalue weighted by atomic mass is 32.2. The Labute approximate surface area is 119 Å². The summed E-state index contributed by atoms with van der Waals surface area (Å²) in [5, 5.41) is 9.58. The zero-order chi connectivity index (χ0) is 14.8. The van der Waals surface area contributed by atoms with E-state index in [-0.39, 0.29) is 23.5 Å². The molecular weight excluding hydrogens is 281 g/mol. The maximum absolute atomic E-state index is 13.2. The number of sulfonamides is 1. The van der Waals surface area contributed by atoms with Gasteiger partial charge in [0.05, 0.1) is 11.0 Å². The van der Waals surface area contributed by atoms with Crippen molar-refractivity contribution in [3.63, 3.8) is 0 Å². The molecule has 4 nitrogen and oxygen atoms in total. The smallest absolute Gasteiger partial charge is 0.240 e. The van der Waals surface area contributed by atoms with Gasteiger partial charge in [0, 0.05) is 6.54 Å². The third-order valence-electron chi connectivity index (χ3n) is 3.76. The first-order chi connectivity index (χ1) is 9.38. The molecule has 2 unspecified atom stereocenters. The van der Waals surface area contributed by atoms with E-state index in [0.29, 0.717) is 12.0 Å². The first-order valence-electron chi connectivity index (χ1n) is 6.82. The van der Waals surface area contributed by atoms with Gasteiger partial charge in [-0.3, -0.25) is 0 Å². The molecule has 0 aliphatic heterocycles. The summed E-state index contributed by atoms with van der Waals surface area (Å²) in [4.78, 5) is -0.0196. The van der Waals surface area contributed by atoms with Crippen molar-refractivity contribution >= 4 is 10.0 Å². The van der Waals surface area contributed by atoms with E-state index in [9.17, 15) is 17.9 Å². The minimum absolute atomic E-state index is 0.0196. The van der Waals surface area contributed by atoms with E-state index in [1.165, 1.54) is 12.1 Å². The second-order valence-electron chi connectivity index (χ2n) is 5.45. The van der Waals surface area contributed by atoms with E-state index in [4.69, 9.17) is 0 Å². The number of aryl methyl sites for hydroxylation is 1. The number of halogens is 1. The molecule has 1 saturated carbocycles. The SMILES string of the molecule is Cc1ccc(F)cc1S(=O)(=O)NCC1CCCC(O)C1. The molecule has 6 heteroatoms. The van der Waals surface area contributed by atoms with Gasteiger partial charge in [-0.2, -0.15) is 0 Å². The van der Waals surface area contributed by atoms with Crippen molar-refractivity contribution in [3.8, 4) is 0 Å². The van der Waals surface area contributed by atoms with Crippen molar-refractivity contribution in [2.45, 2.75) is 43.6 Å². The van der Waals surface area contributed by atoms with Gasteiger partial charge in [-0.25, -0.2) is 17.5 Å². The topological polar surface area (TPSA) is 66.4 Å². The quantitative estimate of drug-likeness (QED) is 0.893. The van der Waals surface area contributed by atoms with Gasteiger partial charge in [0.1, 0.15) is 5.82 Å². The largest absolute Gasteiger partial charge is 0.393 e. The van der Waals surface area contributed by atoms with Gasteiger partial charge in [-0.05, 0) is 49.8 Å². The van der Waals surface area contributed by atoms with E-state index in [0.717, 1.165) is 25.3 Å². The highest BCUT2D eigenvalue weighted by Gasteiger charge is 2.23. The van der Waals surface area contributed by atoms with Crippen LogP contribution in [0.4, 0.5) is 4.39 Å². The summed E-state index contributed by atoms with van der Waals surface area (Å²) in [5.74, 6) is -0.425. The zero-order valence-electron chi connectivity index (χ0n) is 11.5. The molecule has 2 N–H and O–H groups in total. The van der Waals surface area contributed by atoms with Crippen molar-refractivity contribution in [2.75, 3.05) is 6.54 Å². The Morgan fingerprint density at radius 3 is 2.85 bits per heavy atom. The lowest BCUT2D eigenvalue weighted by atomic mass is 9.87. The maximum Gasteiger partial charge on any atom is 0.240 e. The van der Waals surface area contributed by atoms with Crippen LogP contribution < -0.4 is 4.72 Å². The molecule has 0 bridgehead atoms. The van der Waals surface area contributed by atoms with Crippen LogP contribution in [0.15, 0.2) is 23.1 Å².